The monoisotopic (exact) mass is 213 g/mol. The van der Waals surface area contributed by atoms with Gasteiger partial charge in [-0.05, 0) is 0 Å². The van der Waals surface area contributed by atoms with Crippen molar-refractivity contribution < 1.29 is 0 Å². The Bertz CT molecular complexity index is 89.4. The molecule has 0 aliphatic rings. The van der Waals surface area contributed by atoms with Crippen molar-refractivity contribution in [2.24, 2.45) is 0 Å². The third-order valence-electron chi connectivity index (χ3n) is 2.93. The molecule has 14 heavy (non-hydrogen) atoms. The lowest BCUT2D eigenvalue weighted by atomic mass is 10.1. The van der Waals surface area contributed by atoms with Gasteiger partial charge in [0.15, 0.2) is 0 Å². The molecule has 0 aromatic rings. The minimum absolute atomic E-state index is 1.00. The quantitative estimate of drug-likeness (QED) is 0.374. The van der Waals surface area contributed by atoms with Crippen molar-refractivity contribution in [3.05, 3.63) is 0 Å². The largest absolute Gasteiger partial charge is 0.0654 e. The van der Waals surface area contributed by atoms with Gasteiger partial charge in [0.1, 0.15) is 0 Å². The standard InChI is InChI=1S/C13H29Si/c1-3-5-7-9-11-13(14)12-10-8-6-4-2/h13H,3-12,14H2,1-2H3. The second-order valence-corrected chi connectivity index (χ2v) is 5.72. The van der Waals surface area contributed by atoms with Gasteiger partial charge < -0.3 is 0 Å². The fraction of sp³-hybridized carbons (Fsp3) is 1.00. The highest BCUT2D eigenvalue weighted by atomic mass is 28.1. The zero-order valence-corrected chi connectivity index (χ0v) is 11.8. The second kappa shape index (κ2) is 11.3. The van der Waals surface area contributed by atoms with Crippen molar-refractivity contribution >= 4 is 10.2 Å². The molecule has 0 bridgehead atoms. The van der Waals surface area contributed by atoms with Crippen LogP contribution >= 0.6 is 0 Å². The van der Waals surface area contributed by atoms with E-state index in [0.29, 0.717) is 0 Å². The molecule has 0 unspecified atom stereocenters. The molecule has 0 aliphatic carbocycles. The van der Waals surface area contributed by atoms with E-state index >= 15 is 0 Å². The average Bonchev–Trinajstić information content (AvgIpc) is 2.19. The molecule has 0 saturated carbocycles. The van der Waals surface area contributed by atoms with Crippen molar-refractivity contribution in [2.45, 2.75) is 83.6 Å². The van der Waals surface area contributed by atoms with E-state index in [1.165, 1.54) is 64.2 Å². The Labute approximate surface area is 94.3 Å². The lowest BCUT2D eigenvalue weighted by Crippen LogP contribution is -1.93. The number of rotatable bonds is 10. The van der Waals surface area contributed by atoms with Gasteiger partial charge in [0, 0.05) is 10.2 Å². The van der Waals surface area contributed by atoms with Crippen molar-refractivity contribution in [2.75, 3.05) is 0 Å². The van der Waals surface area contributed by atoms with Crippen LogP contribution < -0.4 is 0 Å². The Balaban J connectivity index is 3.07. The van der Waals surface area contributed by atoms with E-state index in [2.05, 4.69) is 24.1 Å². The van der Waals surface area contributed by atoms with Crippen LogP contribution in [0.1, 0.15) is 78.1 Å². The molecule has 0 nitrogen and oxygen atoms in total. The first-order chi connectivity index (χ1) is 6.81. The first-order valence-corrected chi connectivity index (χ1v) is 7.46. The molecule has 0 rings (SSSR count). The Hall–Kier alpha value is 0.217. The summed E-state index contributed by atoms with van der Waals surface area (Å²) >= 11 is 0. The molecule has 85 valence electrons. The van der Waals surface area contributed by atoms with E-state index in [1.54, 1.807) is 0 Å². The molecule has 0 heterocycles. The van der Waals surface area contributed by atoms with Gasteiger partial charge in [0.25, 0.3) is 0 Å². The molecular formula is C13H29Si. The number of unbranched alkanes of at least 4 members (excludes halogenated alkanes) is 6. The third kappa shape index (κ3) is 10.3. The first kappa shape index (κ1) is 14.2. The van der Waals surface area contributed by atoms with E-state index in [0.717, 1.165) is 5.54 Å². The summed E-state index contributed by atoms with van der Waals surface area (Å²) in [5.41, 5.74) is 1.00. The van der Waals surface area contributed by atoms with Gasteiger partial charge in [-0.1, -0.05) is 83.6 Å². The summed E-state index contributed by atoms with van der Waals surface area (Å²) in [5, 5.41) is 0. The second-order valence-electron chi connectivity index (χ2n) is 4.56. The summed E-state index contributed by atoms with van der Waals surface area (Å²) in [6, 6.07) is 0. The molecule has 0 spiro atoms. The van der Waals surface area contributed by atoms with Crippen LogP contribution in [0, 0.1) is 0 Å². The van der Waals surface area contributed by atoms with Gasteiger partial charge in [-0.25, -0.2) is 0 Å². The Morgan fingerprint density at radius 2 is 1.14 bits per heavy atom. The summed E-state index contributed by atoms with van der Waals surface area (Å²) in [7, 11) is 2.23. The van der Waals surface area contributed by atoms with Crippen LogP contribution in [0.5, 0.6) is 0 Å². The smallest absolute Gasteiger partial charge is 0.0121 e. The van der Waals surface area contributed by atoms with Crippen LogP contribution in [0.25, 0.3) is 0 Å². The van der Waals surface area contributed by atoms with Gasteiger partial charge in [0.05, 0.1) is 0 Å². The average molecular weight is 213 g/mol. The van der Waals surface area contributed by atoms with Crippen molar-refractivity contribution in [3.63, 3.8) is 0 Å². The maximum Gasteiger partial charge on any atom is 0.0121 e. The number of hydrogen-bond donors (Lipinski definition) is 0. The Morgan fingerprint density at radius 3 is 1.50 bits per heavy atom. The molecule has 0 aromatic carbocycles. The SMILES string of the molecule is CCCCCCC([SiH2])CCCCCC. The molecule has 1 heteroatoms. The van der Waals surface area contributed by atoms with E-state index in [-0.39, 0.29) is 0 Å². The van der Waals surface area contributed by atoms with Gasteiger partial charge in [-0.3, -0.25) is 0 Å². The molecule has 0 fully saturated rings. The molecule has 0 atom stereocenters. The number of hydrogen-bond acceptors (Lipinski definition) is 0. The predicted molar refractivity (Wildman–Crippen MR) is 69.8 cm³/mol. The minimum Gasteiger partial charge on any atom is -0.0654 e. The Kier molecular flexibility index (Phi) is 11.5. The van der Waals surface area contributed by atoms with Gasteiger partial charge in [0.2, 0.25) is 0 Å². The van der Waals surface area contributed by atoms with Crippen LogP contribution in [-0.4, -0.2) is 10.2 Å². The van der Waals surface area contributed by atoms with Gasteiger partial charge in [-0.15, -0.1) is 0 Å². The predicted octanol–water partition coefficient (Wildman–Crippen LogP) is 4.35. The topological polar surface area (TPSA) is 0 Å². The summed E-state index contributed by atoms with van der Waals surface area (Å²) in [6.45, 7) is 4.58. The third-order valence-corrected chi connectivity index (χ3v) is 3.75. The first-order valence-electron chi connectivity index (χ1n) is 6.64. The molecular weight excluding hydrogens is 184 g/mol. The summed E-state index contributed by atoms with van der Waals surface area (Å²) in [4.78, 5) is 0. The molecule has 0 aliphatic heterocycles. The molecule has 0 aromatic heterocycles. The van der Waals surface area contributed by atoms with Gasteiger partial charge in [-0.2, -0.15) is 0 Å². The lowest BCUT2D eigenvalue weighted by Gasteiger charge is -2.10. The van der Waals surface area contributed by atoms with Crippen molar-refractivity contribution in [1.29, 1.82) is 0 Å². The zero-order chi connectivity index (χ0) is 10.6. The van der Waals surface area contributed by atoms with E-state index in [4.69, 9.17) is 0 Å². The van der Waals surface area contributed by atoms with Crippen LogP contribution in [0.15, 0.2) is 0 Å². The fourth-order valence-corrected chi connectivity index (χ4v) is 2.44. The molecule has 0 saturated heterocycles. The zero-order valence-electron chi connectivity index (χ0n) is 10.4. The Morgan fingerprint density at radius 1 is 0.714 bits per heavy atom. The summed E-state index contributed by atoms with van der Waals surface area (Å²) in [6.07, 6.45) is 14.4. The van der Waals surface area contributed by atoms with Crippen LogP contribution in [0.2, 0.25) is 5.54 Å². The summed E-state index contributed by atoms with van der Waals surface area (Å²) < 4.78 is 0. The van der Waals surface area contributed by atoms with Crippen LogP contribution in [0.4, 0.5) is 0 Å². The van der Waals surface area contributed by atoms with Crippen LogP contribution in [-0.2, 0) is 0 Å². The lowest BCUT2D eigenvalue weighted by molar-refractivity contribution is 0.554. The highest BCUT2D eigenvalue weighted by Crippen LogP contribution is 2.19. The summed E-state index contributed by atoms with van der Waals surface area (Å²) in [5.74, 6) is 0. The highest BCUT2D eigenvalue weighted by molar-refractivity contribution is 6.11. The maximum atomic E-state index is 2.29. The van der Waals surface area contributed by atoms with E-state index < -0.39 is 0 Å². The molecule has 0 N–H and O–H groups in total. The van der Waals surface area contributed by atoms with Crippen molar-refractivity contribution in [3.8, 4) is 0 Å². The maximum absolute atomic E-state index is 2.29. The molecule has 1 radical (unpaired) electrons. The minimum atomic E-state index is 1.00. The highest BCUT2D eigenvalue weighted by Gasteiger charge is 2.01. The van der Waals surface area contributed by atoms with Gasteiger partial charge >= 0.3 is 0 Å². The molecule has 0 amide bonds. The van der Waals surface area contributed by atoms with E-state index in [9.17, 15) is 0 Å². The van der Waals surface area contributed by atoms with E-state index in [1.807, 2.05) is 0 Å². The van der Waals surface area contributed by atoms with Crippen LogP contribution in [0.3, 0.4) is 0 Å². The fourth-order valence-electron chi connectivity index (χ4n) is 1.86. The van der Waals surface area contributed by atoms with Crippen molar-refractivity contribution in [1.82, 2.24) is 0 Å². The normalized spacial score (nSPS) is 11.1.